The van der Waals surface area contributed by atoms with Crippen molar-refractivity contribution in [2.24, 2.45) is 5.92 Å². The van der Waals surface area contributed by atoms with Crippen molar-refractivity contribution in [1.29, 1.82) is 0 Å². The molecule has 0 bridgehead atoms. The number of hydrogen-bond acceptors (Lipinski definition) is 2. The van der Waals surface area contributed by atoms with E-state index in [1.54, 1.807) is 7.05 Å². The quantitative estimate of drug-likeness (QED) is 0.676. The summed E-state index contributed by atoms with van der Waals surface area (Å²) in [6, 6.07) is 0. The summed E-state index contributed by atoms with van der Waals surface area (Å²) in [6.45, 7) is 0.925. The third kappa shape index (κ3) is 2.60. The van der Waals surface area contributed by atoms with Gasteiger partial charge in [0.1, 0.15) is 6.17 Å². The Labute approximate surface area is 77.0 Å². The molecule has 5 heteroatoms. The Bertz CT molecular complexity index is 167. The van der Waals surface area contributed by atoms with E-state index < -0.39 is 18.1 Å². The highest BCUT2D eigenvalue weighted by molar-refractivity contribution is 5.85. The normalized spacial score (nSPS) is 30.8. The zero-order chi connectivity index (χ0) is 8.43. The first-order valence-electron chi connectivity index (χ1n) is 3.66. The number of hydrogen-bond donors (Lipinski definition) is 1. The van der Waals surface area contributed by atoms with Gasteiger partial charge in [-0.2, -0.15) is 0 Å². The third-order valence-electron chi connectivity index (χ3n) is 2.06. The number of aliphatic carboxylic acids is 1. The minimum Gasteiger partial charge on any atom is -0.481 e. The summed E-state index contributed by atoms with van der Waals surface area (Å²) in [5.41, 5.74) is 0. The van der Waals surface area contributed by atoms with E-state index in [2.05, 4.69) is 0 Å². The Balaban J connectivity index is 0.00000121. The van der Waals surface area contributed by atoms with E-state index in [1.165, 1.54) is 0 Å². The van der Waals surface area contributed by atoms with Crippen LogP contribution in [0.25, 0.3) is 0 Å². The molecule has 0 aromatic heterocycles. The van der Waals surface area contributed by atoms with Crippen LogP contribution in [-0.2, 0) is 4.79 Å². The summed E-state index contributed by atoms with van der Waals surface area (Å²) in [4.78, 5) is 12.2. The molecule has 1 aliphatic rings. The zero-order valence-corrected chi connectivity index (χ0v) is 7.68. The molecule has 1 rings (SSSR count). The first-order chi connectivity index (χ1) is 5.11. The fourth-order valence-electron chi connectivity index (χ4n) is 1.33. The Morgan fingerprint density at radius 2 is 2.25 bits per heavy atom. The van der Waals surface area contributed by atoms with Gasteiger partial charge in [-0.3, -0.25) is 4.79 Å². The fourth-order valence-corrected chi connectivity index (χ4v) is 1.33. The molecule has 1 fully saturated rings. The monoisotopic (exact) mass is 197 g/mol. The van der Waals surface area contributed by atoms with Crippen LogP contribution in [0.15, 0.2) is 0 Å². The molecular formula is C7H13ClFNO2. The van der Waals surface area contributed by atoms with Gasteiger partial charge in [0, 0.05) is 6.54 Å². The number of piperidine rings is 1. The van der Waals surface area contributed by atoms with Gasteiger partial charge in [-0.15, -0.1) is 12.4 Å². The minimum atomic E-state index is -1.20. The van der Waals surface area contributed by atoms with Crippen molar-refractivity contribution >= 4 is 18.4 Å². The van der Waals surface area contributed by atoms with E-state index in [9.17, 15) is 9.18 Å². The second-order valence-electron chi connectivity index (χ2n) is 3.01. The molecule has 1 saturated heterocycles. The van der Waals surface area contributed by atoms with Crippen LogP contribution in [0, 0.1) is 5.92 Å². The topological polar surface area (TPSA) is 40.5 Å². The summed E-state index contributed by atoms with van der Waals surface area (Å²) < 4.78 is 12.9. The van der Waals surface area contributed by atoms with Gasteiger partial charge in [0.2, 0.25) is 0 Å². The van der Waals surface area contributed by atoms with E-state index in [-0.39, 0.29) is 19.0 Å². The van der Waals surface area contributed by atoms with Gasteiger partial charge in [0.15, 0.2) is 0 Å². The van der Waals surface area contributed by atoms with Crippen molar-refractivity contribution in [2.75, 3.05) is 20.1 Å². The lowest BCUT2D eigenvalue weighted by atomic mass is 9.96. The average molecular weight is 198 g/mol. The van der Waals surface area contributed by atoms with Gasteiger partial charge in [0.05, 0.1) is 5.92 Å². The molecule has 2 atom stereocenters. The van der Waals surface area contributed by atoms with Crippen LogP contribution < -0.4 is 0 Å². The third-order valence-corrected chi connectivity index (χ3v) is 2.06. The van der Waals surface area contributed by atoms with Crippen molar-refractivity contribution in [2.45, 2.75) is 12.6 Å². The van der Waals surface area contributed by atoms with Crippen molar-refractivity contribution in [1.82, 2.24) is 4.90 Å². The van der Waals surface area contributed by atoms with Crippen LogP contribution in [0.4, 0.5) is 4.39 Å². The molecular weight excluding hydrogens is 185 g/mol. The van der Waals surface area contributed by atoms with Gasteiger partial charge in [-0.25, -0.2) is 4.39 Å². The van der Waals surface area contributed by atoms with E-state index in [4.69, 9.17) is 5.11 Å². The van der Waals surface area contributed by atoms with Crippen molar-refractivity contribution < 1.29 is 14.3 Å². The summed E-state index contributed by atoms with van der Waals surface area (Å²) in [5.74, 6) is -1.79. The highest BCUT2D eigenvalue weighted by Gasteiger charge is 2.32. The largest absolute Gasteiger partial charge is 0.481 e. The number of carboxylic acids is 1. The Morgan fingerprint density at radius 1 is 1.67 bits per heavy atom. The molecule has 0 aromatic carbocycles. The maximum atomic E-state index is 12.9. The van der Waals surface area contributed by atoms with Crippen LogP contribution >= 0.6 is 12.4 Å². The van der Waals surface area contributed by atoms with E-state index in [1.807, 2.05) is 4.90 Å². The Kier molecular flexibility index (Phi) is 4.49. The Morgan fingerprint density at radius 3 is 2.67 bits per heavy atom. The highest BCUT2D eigenvalue weighted by Crippen LogP contribution is 2.19. The molecule has 0 saturated carbocycles. The lowest BCUT2D eigenvalue weighted by Gasteiger charge is -2.29. The summed E-state index contributed by atoms with van der Waals surface area (Å²) in [7, 11) is 1.80. The number of alkyl halides is 1. The van der Waals surface area contributed by atoms with Crippen molar-refractivity contribution in [3.8, 4) is 0 Å². The van der Waals surface area contributed by atoms with Crippen molar-refractivity contribution in [3.63, 3.8) is 0 Å². The van der Waals surface area contributed by atoms with Crippen LogP contribution in [0.1, 0.15) is 6.42 Å². The summed E-state index contributed by atoms with van der Waals surface area (Å²) in [5, 5.41) is 8.54. The summed E-state index contributed by atoms with van der Waals surface area (Å²) >= 11 is 0. The highest BCUT2D eigenvalue weighted by atomic mass is 35.5. The first kappa shape index (κ1) is 11.6. The number of nitrogens with zero attached hydrogens (tertiary/aromatic N) is 1. The lowest BCUT2D eigenvalue weighted by Crippen LogP contribution is -2.42. The zero-order valence-electron chi connectivity index (χ0n) is 6.86. The van der Waals surface area contributed by atoms with Crippen LogP contribution in [-0.4, -0.2) is 42.3 Å². The van der Waals surface area contributed by atoms with Gasteiger partial charge < -0.3 is 10.0 Å². The van der Waals surface area contributed by atoms with Gasteiger partial charge >= 0.3 is 5.97 Å². The van der Waals surface area contributed by atoms with Gasteiger partial charge in [0.25, 0.3) is 0 Å². The number of carboxylic acid groups (broad SMARTS) is 1. The molecule has 1 aliphatic heterocycles. The van der Waals surface area contributed by atoms with Gasteiger partial charge in [-0.05, 0) is 20.0 Å². The molecule has 0 spiro atoms. The maximum absolute atomic E-state index is 12.9. The van der Waals surface area contributed by atoms with Crippen molar-refractivity contribution in [3.05, 3.63) is 0 Å². The average Bonchev–Trinajstić information content (AvgIpc) is 1.85. The fraction of sp³-hybridized carbons (Fsp3) is 0.857. The Hall–Kier alpha value is -0.350. The molecule has 1 N–H and O–H groups in total. The first-order valence-corrected chi connectivity index (χ1v) is 3.66. The molecule has 2 unspecified atom stereocenters. The predicted molar refractivity (Wildman–Crippen MR) is 45.4 cm³/mol. The SMILES string of the molecule is CN1CCC(C(=O)O)C(F)C1.Cl. The molecule has 3 nitrogen and oxygen atoms in total. The standard InChI is InChI=1S/C7H12FNO2.ClH/c1-9-3-2-5(7(10)11)6(8)4-9;/h5-6H,2-4H2,1H3,(H,10,11);1H. The smallest absolute Gasteiger partial charge is 0.309 e. The maximum Gasteiger partial charge on any atom is 0.309 e. The number of likely N-dealkylation sites (tertiary alicyclic amines) is 1. The molecule has 12 heavy (non-hydrogen) atoms. The van der Waals surface area contributed by atoms with Crippen LogP contribution in [0.2, 0.25) is 0 Å². The van der Waals surface area contributed by atoms with Crippen LogP contribution in [0.3, 0.4) is 0 Å². The van der Waals surface area contributed by atoms with E-state index >= 15 is 0 Å². The second-order valence-corrected chi connectivity index (χ2v) is 3.01. The molecule has 0 amide bonds. The van der Waals surface area contributed by atoms with Crippen LogP contribution in [0.5, 0.6) is 0 Å². The van der Waals surface area contributed by atoms with Gasteiger partial charge in [-0.1, -0.05) is 0 Å². The number of halogens is 2. The second kappa shape index (κ2) is 4.62. The predicted octanol–water partition coefficient (Wildman–Crippen LogP) is 0.783. The molecule has 0 aromatic rings. The van der Waals surface area contributed by atoms with E-state index in [0.717, 1.165) is 0 Å². The summed E-state index contributed by atoms with van der Waals surface area (Å²) in [6.07, 6.45) is -0.779. The van der Waals surface area contributed by atoms with E-state index in [0.29, 0.717) is 13.0 Å². The molecule has 72 valence electrons. The number of carbonyl (C=O) groups is 1. The lowest BCUT2D eigenvalue weighted by molar-refractivity contribution is -0.146. The molecule has 1 heterocycles. The number of rotatable bonds is 1. The minimum absolute atomic E-state index is 0. The molecule has 0 radical (unpaired) electrons. The molecule has 0 aliphatic carbocycles.